The molecule has 0 unspecified atom stereocenters. The van der Waals surface area contributed by atoms with E-state index >= 15 is 4.39 Å². The summed E-state index contributed by atoms with van der Waals surface area (Å²) in [5.74, 6) is -1.96. The lowest BCUT2D eigenvalue weighted by atomic mass is 9.97. The van der Waals surface area contributed by atoms with E-state index in [2.05, 4.69) is 13.2 Å². The Hall–Kier alpha value is -4.52. The van der Waals surface area contributed by atoms with Crippen molar-refractivity contribution in [2.45, 2.75) is 34.6 Å². The molecule has 38 heavy (non-hydrogen) atoms. The van der Waals surface area contributed by atoms with Crippen molar-refractivity contribution in [2.75, 3.05) is 0 Å². The average molecular weight is 517 g/mol. The molecule has 3 aromatic rings. The molecule has 0 bridgehead atoms. The minimum absolute atomic E-state index is 0.00427. The van der Waals surface area contributed by atoms with Crippen molar-refractivity contribution in [3.63, 3.8) is 0 Å². The van der Waals surface area contributed by atoms with Gasteiger partial charge in [0.2, 0.25) is 0 Å². The molecule has 0 amide bonds. The molecule has 0 saturated carbocycles. The van der Waals surface area contributed by atoms with Gasteiger partial charge in [0.1, 0.15) is 11.6 Å². The number of carbonyl (C=O) groups is 3. The molecule has 0 aliphatic rings. The van der Waals surface area contributed by atoms with E-state index in [4.69, 9.17) is 14.2 Å². The van der Waals surface area contributed by atoms with E-state index in [0.717, 1.165) is 0 Å². The Balaban J connectivity index is 1.96. The Labute approximate surface area is 221 Å². The molecule has 0 atom stereocenters. The topological polar surface area (TPSA) is 78.9 Å². The molecule has 3 rings (SSSR count). The second-order valence-corrected chi connectivity index (χ2v) is 9.86. The van der Waals surface area contributed by atoms with Crippen molar-refractivity contribution in [3.8, 4) is 39.5 Å². The van der Waals surface area contributed by atoms with Gasteiger partial charge in [0, 0.05) is 16.7 Å². The van der Waals surface area contributed by atoms with E-state index in [9.17, 15) is 14.4 Å². The Morgan fingerprint density at radius 1 is 0.711 bits per heavy atom. The van der Waals surface area contributed by atoms with E-state index in [1.807, 2.05) is 0 Å². The van der Waals surface area contributed by atoms with Gasteiger partial charge in [-0.1, -0.05) is 43.5 Å². The van der Waals surface area contributed by atoms with Gasteiger partial charge >= 0.3 is 17.9 Å². The zero-order chi connectivity index (χ0) is 28.2. The van der Waals surface area contributed by atoms with Gasteiger partial charge in [0.05, 0.1) is 5.41 Å². The van der Waals surface area contributed by atoms with Crippen LogP contribution < -0.4 is 14.2 Å². The summed E-state index contributed by atoms with van der Waals surface area (Å²) >= 11 is 0. The van der Waals surface area contributed by atoms with E-state index in [-0.39, 0.29) is 28.4 Å². The Morgan fingerprint density at radius 3 is 1.92 bits per heavy atom. The molecule has 0 N–H and O–H groups in total. The first-order chi connectivity index (χ1) is 17.8. The lowest BCUT2D eigenvalue weighted by Gasteiger charge is -2.18. The molecule has 6 nitrogen and oxygen atoms in total. The largest absolute Gasteiger partial charge is 0.423 e. The third-order valence-electron chi connectivity index (χ3n) is 5.32. The highest BCUT2D eigenvalue weighted by molar-refractivity contribution is 5.90. The highest BCUT2D eigenvalue weighted by Crippen LogP contribution is 2.36. The first kappa shape index (κ1) is 28.1. The van der Waals surface area contributed by atoms with E-state index in [0.29, 0.717) is 22.3 Å². The number of hydrogen-bond acceptors (Lipinski definition) is 6. The molecular weight excluding hydrogens is 487 g/mol. The van der Waals surface area contributed by atoms with Gasteiger partial charge in [-0.05, 0) is 81.6 Å². The zero-order valence-electron chi connectivity index (χ0n) is 22.0. The van der Waals surface area contributed by atoms with Crippen LogP contribution in [0.15, 0.2) is 85.0 Å². The quantitative estimate of drug-likeness (QED) is 0.190. The van der Waals surface area contributed by atoms with Crippen LogP contribution in [0.4, 0.5) is 4.39 Å². The molecule has 0 saturated heterocycles. The lowest BCUT2D eigenvalue weighted by Crippen LogP contribution is -2.26. The average Bonchev–Trinajstić information content (AvgIpc) is 2.84. The van der Waals surface area contributed by atoms with E-state index in [1.54, 1.807) is 63.2 Å². The van der Waals surface area contributed by atoms with Crippen LogP contribution in [-0.4, -0.2) is 17.9 Å². The molecule has 0 aliphatic heterocycles. The minimum atomic E-state index is -0.784. The van der Waals surface area contributed by atoms with E-state index in [1.165, 1.54) is 32.0 Å². The molecule has 7 heteroatoms. The van der Waals surface area contributed by atoms with Crippen LogP contribution in [0.5, 0.6) is 17.2 Å². The molecule has 0 spiro atoms. The first-order valence-electron chi connectivity index (χ1n) is 11.8. The smallest absolute Gasteiger partial charge is 0.338 e. The third-order valence-corrected chi connectivity index (χ3v) is 5.32. The third kappa shape index (κ3) is 6.82. The molecule has 3 aromatic carbocycles. The number of benzene rings is 3. The highest BCUT2D eigenvalue weighted by Gasteiger charge is 2.26. The number of hydrogen-bond donors (Lipinski definition) is 0. The number of esters is 3. The number of carbonyl (C=O) groups excluding carboxylic acids is 3. The summed E-state index contributed by atoms with van der Waals surface area (Å²) in [5.41, 5.74) is 1.46. The maximum atomic E-state index is 15.3. The van der Waals surface area contributed by atoms with Gasteiger partial charge < -0.3 is 14.2 Å². The summed E-state index contributed by atoms with van der Waals surface area (Å²) in [6, 6.07) is 15.8. The molecule has 0 heterocycles. The summed E-state index contributed by atoms with van der Waals surface area (Å²) in [7, 11) is 0. The predicted octanol–water partition coefficient (Wildman–Crippen LogP) is 7.07. The minimum Gasteiger partial charge on any atom is -0.423 e. The summed E-state index contributed by atoms with van der Waals surface area (Å²) < 4.78 is 31.4. The fourth-order valence-electron chi connectivity index (χ4n) is 3.14. The van der Waals surface area contributed by atoms with Crippen LogP contribution in [0.2, 0.25) is 0 Å². The Bertz CT molecular complexity index is 1440. The second kappa shape index (κ2) is 11.3. The van der Waals surface area contributed by atoms with Gasteiger partial charge in [-0.15, -0.1) is 0 Å². The van der Waals surface area contributed by atoms with Crippen LogP contribution in [-0.2, 0) is 14.4 Å². The first-order valence-corrected chi connectivity index (χ1v) is 11.8. The Morgan fingerprint density at radius 2 is 1.32 bits per heavy atom. The standard InChI is InChI=1S/C31H29FO6/c1-18(2)28(33)36-23-10-8-9-22(15-23)24-13-11-20(16-25(24)32)21-12-14-26(38-30(35)31(5,6)7)27(17-21)37-29(34)19(3)4/h8-17H,1,3H2,2,4-7H3. The molecular formula is C31H29FO6. The molecule has 0 aromatic heterocycles. The normalized spacial score (nSPS) is 10.9. The maximum Gasteiger partial charge on any atom is 0.338 e. The number of rotatable bonds is 7. The zero-order valence-corrected chi connectivity index (χ0v) is 22.0. The van der Waals surface area contributed by atoms with Crippen molar-refractivity contribution in [2.24, 2.45) is 5.41 Å². The predicted molar refractivity (Wildman–Crippen MR) is 143 cm³/mol. The van der Waals surface area contributed by atoms with Crippen molar-refractivity contribution in [3.05, 3.63) is 90.8 Å². The van der Waals surface area contributed by atoms with Gasteiger partial charge in [-0.3, -0.25) is 4.79 Å². The molecule has 0 radical (unpaired) electrons. The monoisotopic (exact) mass is 516 g/mol. The fourth-order valence-corrected chi connectivity index (χ4v) is 3.14. The fraction of sp³-hybridized carbons (Fsp3) is 0.194. The van der Waals surface area contributed by atoms with Gasteiger partial charge in [-0.25, -0.2) is 14.0 Å². The maximum absolute atomic E-state index is 15.3. The van der Waals surface area contributed by atoms with Crippen molar-refractivity contribution >= 4 is 17.9 Å². The van der Waals surface area contributed by atoms with Crippen molar-refractivity contribution in [1.82, 2.24) is 0 Å². The van der Waals surface area contributed by atoms with Crippen LogP contribution >= 0.6 is 0 Å². The van der Waals surface area contributed by atoms with Gasteiger partial charge in [0.25, 0.3) is 0 Å². The SMILES string of the molecule is C=C(C)C(=O)Oc1cccc(-c2ccc(-c3ccc(OC(=O)C(C)(C)C)c(OC(=O)C(=C)C)c3)cc2F)c1. The second-order valence-electron chi connectivity index (χ2n) is 9.86. The van der Waals surface area contributed by atoms with Crippen LogP contribution in [0.25, 0.3) is 22.3 Å². The Kier molecular flexibility index (Phi) is 8.31. The molecule has 0 fully saturated rings. The van der Waals surface area contributed by atoms with E-state index < -0.39 is 29.1 Å². The van der Waals surface area contributed by atoms with Crippen LogP contribution in [0.1, 0.15) is 34.6 Å². The van der Waals surface area contributed by atoms with Crippen LogP contribution in [0, 0.1) is 11.2 Å². The molecule has 196 valence electrons. The van der Waals surface area contributed by atoms with Crippen molar-refractivity contribution < 1.29 is 33.0 Å². The number of ether oxygens (including phenoxy) is 3. The van der Waals surface area contributed by atoms with Crippen molar-refractivity contribution in [1.29, 1.82) is 0 Å². The van der Waals surface area contributed by atoms with Crippen LogP contribution in [0.3, 0.4) is 0 Å². The van der Waals surface area contributed by atoms with Gasteiger partial charge in [0.15, 0.2) is 11.5 Å². The van der Waals surface area contributed by atoms with Gasteiger partial charge in [-0.2, -0.15) is 0 Å². The summed E-state index contributed by atoms with van der Waals surface area (Å²) in [4.78, 5) is 36.5. The highest BCUT2D eigenvalue weighted by atomic mass is 19.1. The summed E-state index contributed by atoms with van der Waals surface area (Å²) in [6.45, 7) is 15.3. The number of halogens is 1. The summed E-state index contributed by atoms with van der Waals surface area (Å²) in [6.07, 6.45) is 0. The summed E-state index contributed by atoms with van der Waals surface area (Å²) in [5, 5.41) is 0. The lowest BCUT2D eigenvalue weighted by molar-refractivity contribution is -0.143. The molecule has 0 aliphatic carbocycles.